The molecule has 1 aliphatic carbocycles. The highest BCUT2D eigenvalue weighted by Gasteiger charge is 2.12. The first-order valence-electron chi connectivity index (χ1n) is 5.18. The third-order valence-corrected chi connectivity index (χ3v) is 2.78. The number of benzene rings is 1. The van der Waals surface area contributed by atoms with Crippen LogP contribution in [0.2, 0.25) is 0 Å². The Morgan fingerprint density at radius 1 is 1.40 bits per heavy atom. The molecule has 1 aromatic rings. The fraction of sp³-hybridized carbons (Fsp3) is 0.308. The highest BCUT2D eigenvalue weighted by Crippen LogP contribution is 2.25. The van der Waals surface area contributed by atoms with Gasteiger partial charge in [0, 0.05) is 6.08 Å². The molecule has 0 bridgehead atoms. The van der Waals surface area contributed by atoms with Crippen LogP contribution in [-0.2, 0) is 22.4 Å². The molecule has 0 saturated heterocycles. The third-order valence-electron chi connectivity index (χ3n) is 2.78. The fourth-order valence-electron chi connectivity index (χ4n) is 2.03. The zero-order valence-corrected chi connectivity index (χ0v) is 8.82. The molecule has 0 spiro atoms. The molecule has 0 fully saturated rings. The Hall–Kier alpha value is -1.57. The van der Waals surface area contributed by atoms with Gasteiger partial charge in [0.2, 0.25) is 0 Å². The van der Waals surface area contributed by atoms with Crippen molar-refractivity contribution in [3.05, 3.63) is 41.0 Å². The number of methoxy groups -OCH3 is 1. The lowest BCUT2D eigenvalue weighted by Crippen LogP contribution is -1.94. The molecule has 1 aliphatic rings. The van der Waals surface area contributed by atoms with Crippen LogP contribution in [0.25, 0.3) is 6.08 Å². The van der Waals surface area contributed by atoms with Gasteiger partial charge >= 0.3 is 5.97 Å². The van der Waals surface area contributed by atoms with E-state index in [1.807, 2.05) is 18.2 Å². The van der Waals surface area contributed by atoms with Gasteiger partial charge in [0.05, 0.1) is 7.11 Å². The van der Waals surface area contributed by atoms with Crippen molar-refractivity contribution in [2.45, 2.75) is 19.3 Å². The summed E-state index contributed by atoms with van der Waals surface area (Å²) in [6, 6.07) is 6.25. The molecule has 15 heavy (non-hydrogen) atoms. The predicted molar refractivity (Wildman–Crippen MR) is 59.5 cm³/mol. The number of rotatable bonds is 2. The van der Waals surface area contributed by atoms with Crippen molar-refractivity contribution in [3.63, 3.8) is 0 Å². The molecule has 2 rings (SSSR count). The highest BCUT2D eigenvalue weighted by molar-refractivity contribution is 5.87. The normalized spacial score (nSPS) is 14.2. The fourth-order valence-corrected chi connectivity index (χ4v) is 2.03. The van der Waals surface area contributed by atoms with Crippen LogP contribution < -0.4 is 0 Å². The Labute approximate surface area is 89.6 Å². The standard InChI is InChI=1S/C13H14O2/c1-15-13(14)9-8-11-5-2-4-10-6-3-7-12(10)11/h2,4-5,8-9H,3,6-7H2,1H3. The average Bonchev–Trinajstić information content (AvgIpc) is 2.74. The summed E-state index contributed by atoms with van der Waals surface area (Å²) in [5.74, 6) is -0.300. The number of ether oxygens (including phenoxy) is 1. The molecule has 0 unspecified atom stereocenters. The molecule has 0 atom stereocenters. The number of hydrogen-bond donors (Lipinski definition) is 0. The van der Waals surface area contributed by atoms with Gasteiger partial charge < -0.3 is 4.74 Å². The Bertz CT molecular complexity index is 405. The van der Waals surface area contributed by atoms with Crippen LogP contribution in [0, 0.1) is 0 Å². The van der Waals surface area contributed by atoms with E-state index in [1.54, 1.807) is 0 Å². The summed E-state index contributed by atoms with van der Waals surface area (Å²) in [7, 11) is 1.39. The minimum Gasteiger partial charge on any atom is -0.466 e. The van der Waals surface area contributed by atoms with Gasteiger partial charge in [-0.15, -0.1) is 0 Å². The molecule has 0 amide bonds. The second kappa shape index (κ2) is 4.30. The van der Waals surface area contributed by atoms with Crippen LogP contribution >= 0.6 is 0 Å². The molecule has 0 N–H and O–H groups in total. The van der Waals surface area contributed by atoms with Crippen molar-refractivity contribution in [3.8, 4) is 0 Å². The molecule has 78 valence electrons. The van der Waals surface area contributed by atoms with Gasteiger partial charge in [0.1, 0.15) is 0 Å². The second-order valence-corrected chi connectivity index (χ2v) is 3.69. The number of aryl methyl sites for hydroxylation is 1. The van der Waals surface area contributed by atoms with Crippen LogP contribution in [0.4, 0.5) is 0 Å². The summed E-state index contributed by atoms with van der Waals surface area (Å²) in [4.78, 5) is 11.0. The number of hydrogen-bond acceptors (Lipinski definition) is 2. The summed E-state index contributed by atoms with van der Waals surface area (Å²) in [5.41, 5.74) is 3.95. The summed E-state index contributed by atoms with van der Waals surface area (Å²) >= 11 is 0. The minimum atomic E-state index is -0.300. The lowest BCUT2D eigenvalue weighted by molar-refractivity contribution is -0.134. The van der Waals surface area contributed by atoms with Crippen molar-refractivity contribution in [2.75, 3.05) is 7.11 Å². The van der Waals surface area contributed by atoms with E-state index < -0.39 is 0 Å². The van der Waals surface area contributed by atoms with E-state index in [2.05, 4.69) is 10.8 Å². The summed E-state index contributed by atoms with van der Waals surface area (Å²) in [5, 5.41) is 0. The Morgan fingerprint density at radius 3 is 3.07 bits per heavy atom. The average molecular weight is 202 g/mol. The lowest BCUT2D eigenvalue weighted by Gasteiger charge is -2.02. The molecule has 0 aromatic heterocycles. The minimum absolute atomic E-state index is 0.300. The zero-order chi connectivity index (χ0) is 10.7. The quantitative estimate of drug-likeness (QED) is 0.543. The third kappa shape index (κ3) is 2.09. The molecular formula is C13H14O2. The van der Waals surface area contributed by atoms with Crippen LogP contribution in [0.3, 0.4) is 0 Å². The topological polar surface area (TPSA) is 26.3 Å². The van der Waals surface area contributed by atoms with Crippen LogP contribution in [0.15, 0.2) is 24.3 Å². The molecule has 0 saturated carbocycles. The number of fused-ring (bicyclic) bond motifs is 1. The maximum atomic E-state index is 11.0. The van der Waals surface area contributed by atoms with E-state index in [4.69, 9.17) is 0 Å². The largest absolute Gasteiger partial charge is 0.466 e. The van der Waals surface area contributed by atoms with Crippen molar-refractivity contribution < 1.29 is 9.53 Å². The number of carbonyl (C=O) groups excluding carboxylic acids is 1. The Morgan fingerprint density at radius 2 is 2.27 bits per heavy atom. The van der Waals surface area contributed by atoms with Gasteiger partial charge in [-0.1, -0.05) is 18.2 Å². The van der Waals surface area contributed by atoms with E-state index in [-0.39, 0.29) is 5.97 Å². The summed E-state index contributed by atoms with van der Waals surface area (Å²) in [6.45, 7) is 0. The van der Waals surface area contributed by atoms with Crippen molar-refractivity contribution >= 4 is 12.0 Å². The molecule has 0 aliphatic heterocycles. The van der Waals surface area contributed by atoms with Crippen molar-refractivity contribution in [1.29, 1.82) is 0 Å². The van der Waals surface area contributed by atoms with Gasteiger partial charge in [0.15, 0.2) is 0 Å². The van der Waals surface area contributed by atoms with Gasteiger partial charge in [-0.25, -0.2) is 4.79 Å². The molecular weight excluding hydrogens is 188 g/mol. The van der Waals surface area contributed by atoms with Gasteiger partial charge in [0.25, 0.3) is 0 Å². The van der Waals surface area contributed by atoms with Crippen LogP contribution in [-0.4, -0.2) is 13.1 Å². The monoisotopic (exact) mass is 202 g/mol. The highest BCUT2D eigenvalue weighted by atomic mass is 16.5. The molecule has 0 heterocycles. The predicted octanol–water partition coefficient (Wildman–Crippen LogP) is 2.36. The van der Waals surface area contributed by atoms with Gasteiger partial charge in [-0.2, -0.15) is 0 Å². The first-order chi connectivity index (χ1) is 7.31. The molecule has 2 heteroatoms. The zero-order valence-electron chi connectivity index (χ0n) is 8.82. The van der Waals surface area contributed by atoms with Crippen LogP contribution in [0.5, 0.6) is 0 Å². The van der Waals surface area contributed by atoms with E-state index in [0.717, 1.165) is 18.4 Å². The number of carbonyl (C=O) groups is 1. The van der Waals surface area contributed by atoms with Crippen molar-refractivity contribution in [2.24, 2.45) is 0 Å². The van der Waals surface area contributed by atoms with Crippen molar-refractivity contribution in [1.82, 2.24) is 0 Å². The first kappa shape index (κ1) is 9.97. The molecule has 1 aromatic carbocycles. The van der Waals surface area contributed by atoms with E-state index in [9.17, 15) is 4.79 Å². The number of esters is 1. The van der Waals surface area contributed by atoms with Crippen LogP contribution in [0.1, 0.15) is 23.1 Å². The smallest absolute Gasteiger partial charge is 0.330 e. The second-order valence-electron chi connectivity index (χ2n) is 3.69. The van der Waals surface area contributed by atoms with E-state index in [1.165, 1.54) is 30.7 Å². The lowest BCUT2D eigenvalue weighted by atomic mass is 10.0. The summed E-state index contributed by atoms with van der Waals surface area (Å²) < 4.78 is 4.57. The van der Waals surface area contributed by atoms with E-state index >= 15 is 0 Å². The molecule has 0 radical (unpaired) electrons. The van der Waals surface area contributed by atoms with Gasteiger partial charge in [-0.3, -0.25) is 0 Å². The Kier molecular flexibility index (Phi) is 2.86. The Balaban J connectivity index is 2.26. The van der Waals surface area contributed by atoms with E-state index in [0.29, 0.717) is 0 Å². The van der Waals surface area contributed by atoms with Gasteiger partial charge in [-0.05, 0) is 42.0 Å². The molecule has 2 nitrogen and oxygen atoms in total. The first-order valence-corrected chi connectivity index (χ1v) is 5.18. The maximum absolute atomic E-state index is 11.0. The summed E-state index contributed by atoms with van der Waals surface area (Å²) in [6.07, 6.45) is 6.83. The SMILES string of the molecule is COC(=O)C=Cc1cccc2c1CCC2. The maximum Gasteiger partial charge on any atom is 0.330 e.